The van der Waals surface area contributed by atoms with Gasteiger partial charge in [0, 0.05) is 13.1 Å². The van der Waals surface area contributed by atoms with Crippen LogP contribution in [0.3, 0.4) is 0 Å². The molecule has 4 nitrogen and oxygen atoms in total. The van der Waals surface area contributed by atoms with E-state index in [1.807, 2.05) is 20.8 Å². The first-order chi connectivity index (χ1) is 11.1. The van der Waals surface area contributed by atoms with Crippen LogP contribution in [0.25, 0.3) is 0 Å². The SMILES string of the molecule is CC(C)(C)OC(=O)N1CCCC(C#N)(Cc2ccc(F)c(Br)c2)C1. The van der Waals surface area contributed by atoms with Gasteiger partial charge >= 0.3 is 6.09 Å². The summed E-state index contributed by atoms with van der Waals surface area (Å²) in [6.07, 6.45) is 1.54. The van der Waals surface area contributed by atoms with Crippen LogP contribution in [0.1, 0.15) is 39.2 Å². The lowest BCUT2D eigenvalue weighted by Gasteiger charge is -2.39. The molecule has 1 heterocycles. The van der Waals surface area contributed by atoms with Crippen LogP contribution < -0.4 is 0 Å². The first kappa shape index (κ1) is 18.7. The summed E-state index contributed by atoms with van der Waals surface area (Å²) in [5, 5.41) is 9.74. The van der Waals surface area contributed by atoms with E-state index >= 15 is 0 Å². The Labute approximate surface area is 150 Å². The Hall–Kier alpha value is -1.61. The third-order valence-electron chi connectivity index (χ3n) is 3.99. The van der Waals surface area contributed by atoms with Crippen LogP contribution in [0.4, 0.5) is 9.18 Å². The second-order valence-corrected chi connectivity index (χ2v) is 8.18. The molecule has 1 saturated heterocycles. The van der Waals surface area contributed by atoms with Gasteiger partial charge in [-0.1, -0.05) is 6.07 Å². The van der Waals surface area contributed by atoms with Gasteiger partial charge in [-0.25, -0.2) is 9.18 Å². The highest BCUT2D eigenvalue weighted by Gasteiger charge is 2.39. The zero-order valence-electron chi connectivity index (χ0n) is 14.2. The number of rotatable bonds is 2. The predicted molar refractivity (Wildman–Crippen MR) is 92.9 cm³/mol. The van der Waals surface area contributed by atoms with Crippen molar-refractivity contribution in [1.82, 2.24) is 4.90 Å². The van der Waals surface area contributed by atoms with Gasteiger partial charge in [0.15, 0.2) is 0 Å². The van der Waals surface area contributed by atoms with Gasteiger partial charge in [0.1, 0.15) is 11.4 Å². The minimum Gasteiger partial charge on any atom is -0.444 e. The van der Waals surface area contributed by atoms with Crippen LogP contribution in [-0.4, -0.2) is 29.7 Å². The van der Waals surface area contributed by atoms with Crippen molar-refractivity contribution in [2.75, 3.05) is 13.1 Å². The third kappa shape index (κ3) is 4.70. The average Bonchev–Trinajstić information content (AvgIpc) is 2.49. The fourth-order valence-electron chi connectivity index (χ4n) is 2.93. The van der Waals surface area contributed by atoms with E-state index in [0.717, 1.165) is 12.0 Å². The Morgan fingerprint density at radius 3 is 2.79 bits per heavy atom. The summed E-state index contributed by atoms with van der Waals surface area (Å²) in [6, 6.07) is 7.16. The number of nitrogens with zero attached hydrogens (tertiary/aromatic N) is 2. The number of piperidine rings is 1. The zero-order valence-corrected chi connectivity index (χ0v) is 15.8. The number of benzene rings is 1. The summed E-state index contributed by atoms with van der Waals surface area (Å²) in [6.45, 7) is 6.38. The summed E-state index contributed by atoms with van der Waals surface area (Å²) in [4.78, 5) is 13.9. The number of hydrogen-bond acceptors (Lipinski definition) is 3. The molecule has 130 valence electrons. The van der Waals surface area contributed by atoms with E-state index in [4.69, 9.17) is 4.74 Å². The summed E-state index contributed by atoms with van der Waals surface area (Å²) in [7, 11) is 0. The summed E-state index contributed by atoms with van der Waals surface area (Å²) in [5.74, 6) is -0.330. The van der Waals surface area contributed by atoms with Gasteiger partial charge in [-0.15, -0.1) is 0 Å². The van der Waals surface area contributed by atoms with Crippen LogP contribution in [-0.2, 0) is 11.2 Å². The Kier molecular flexibility index (Phi) is 5.54. The lowest BCUT2D eigenvalue weighted by Crippen LogP contribution is -2.48. The highest BCUT2D eigenvalue weighted by atomic mass is 79.9. The van der Waals surface area contributed by atoms with E-state index in [-0.39, 0.29) is 11.9 Å². The van der Waals surface area contributed by atoms with Gasteiger partial charge < -0.3 is 9.64 Å². The Bertz CT molecular complexity index is 666. The fourth-order valence-corrected chi connectivity index (χ4v) is 3.36. The van der Waals surface area contributed by atoms with E-state index in [1.54, 1.807) is 17.0 Å². The Morgan fingerprint density at radius 1 is 1.50 bits per heavy atom. The van der Waals surface area contributed by atoms with Crippen LogP contribution in [0, 0.1) is 22.6 Å². The van der Waals surface area contributed by atoms with Crippen molar-refractivity contribution in [2.24, 2.45) is 5.41 Å². The molecule has 1 aliphatic rings. The number of likely N-dealkylation sites (tertiary alicyclic amines) is 1. The van der Waals surface area contributed by atoms with Gasteiger partial charge in [0.2, 0.25) is 0 Å². The molecule has 1 aliphatic heterocycles. The van der Waals surface area contributed by atoms with Crippen molar-refractivity contribution in [3.05, 3.63) is 34.1 Å². The highest BCUT2D eigenvalue weighted by Crippen LogP contribution is 2.34. The Morgan fingerprint density at radius 2 is 2.21 bits per heavy atom. The minimum atomic E-state index is -0.674. The number of nitriles is 1. The molecule has 0 N–H and O–H groups in total. The van der Waals surface area contributed by atoms with E-state index in [2.05, 4.69) is 22.0 Å². The standard InChI is InChI=1S/C18H22BrFN2O2/c1-17(2,3)24-16(23)22-8-4-7-18(11-21,12-22)10-13-5-6-15(20)14(19)9-13/h5-6,9H,4,7-8,10,12H2,1-3H3. The maximum Gasteiger partial charge on any atom is 0.410 e. The topological polar surface area (TPSA) is 53.3 Å². The van der Waals surface area contributed by atoms with E-state index in [0.29, 0.717) is 30.4 Å². The molecule has 2 rings (SSSR count). The average molecular weight is 397 g/mol. The molecule has 0 radical (unpaired) electrons. The van der Waals surface area contributed by atoms with Crippen molar-refractivity contribution in [3.63, 3.8) is 0 Å². The molecule has 0 aliphatic carbocycles. The lowest BCUT2D eigenvalue weighted by molar-refractivity contribution is 0.0111. The molecule has 0 saturated carbocycles. The van der Waals surface area contributed by atoms with Crippen LogP contribution >= 0.6 is 15.9 Å². The van der Waals surface area contributed by atoms with Gasteiger partial charge in [-0.2, -0.15) is 5.26 Å². The first-order valence-corrected chi connectivity index (χ1v) is 8.77. The molecule has 1 aromatic rings. The van der Waals surface area contributed by atoms with Crippen LogP contribution in [0.15, 0.2) is 22.7 Å². The predicted octanol–water partition coefficient (Wildman–Crippen LogP) is 4.67. The summed E-state index contributed by atoms with van der Waals surface area (Å²) >= 11 is 3.18. The molecule has 1 amide bonds. The number of carbonyl (C=O) groups is 1. The molecule has 1 fully saturated rings. The van der Waals surface area contributed by atoms with Gasteiger partial charge in [-0.05, 0) is 73.7 Å². The van der Waals surface area contributed by atoms with Crippen molar-refractivity contribution in [1.29, 1.82) is 5.26 Å². The van der Waals surface area contributed by atoms with Gasteiger partial charge in [-0.3, -0.25) is 0 Å². The molecule has 0 bridgehead atoms. The van der Waals surface area contributed by atoms with Gasteiger partial charge in [0.25, 0.3) is 0 Å². The number of ether oxygens (including phenoxy) is 1. The molecule has 1 aromatic carbocycles. The van der Waals surface area contributed by atoms with Crippen molar-refractivity contribution < 1.29 is 13.9 Å². The molecular weight excluding hydrogens is 375 g/mol. The molecule has 0 spiro atoms. The van der Waals surface area contributed by atoms with E-state index < -0.39 is 11.0 Å². The molecular formula is C18H22BrFN2O2. The molecule has 1 atom stereocenters. The monoisotopic (exact) mass is 396 g/mol. The van der Waals surface area contributed by atoms with E-state index in [9.17, 15) is 14.4 Å². The molecule has 24 heavy (non-hydrogen) atoms. The summed E-state index contributed by atoms with van der Waals surface area (Å²) in [5.41, 5.74) is -0.367. The van der Waals surface area contributed by atoms with Crippen molar-refractivity contribution >= 4 is 22.0 Å². The number of amides is 1. The maximum atomic E-state index is 13.4. The molecule has 1 unspecified atom stereocenters. The second-order valence-electron chi connectivity index (χ2n) is 7.32. The number of halogens is 2. The number of hydrogen-bond donors (Lipinski definition) is 0. The quantitative estimate of drug-likeness (QED) is 0.729. The van der Waals surface area contributed by atoms with Gasteiger partial charge in [0.05, 0.1) is 16.0 Å². The highest BCUT2D eigenvalue weighted by molar-refractivity contribution is 9.10. The van der Waals surface area contributed by atoms with Crippen molar-refractivity contribution in [2.45, 2.75) is 45.6 Å². The second kappa shape index (κ2) is 7.10. The number of carbonyl (C=O) groups excluding carboxylic acids is 1. The minimum absolute atomic E-state index is 0.327. The van der Waals surface area contributed by atoms with Crippen LogP contribution in [0.2, 0.25) is 0 Å². The third-order valence-corrected chi connectivity index (χ3v) is 4.60. The zero-order chi connectivity index (χ0) is 18.0. The Balaban J connectivity index is 2.15. The largest absolute Gasteiger partial charge is 0.444 e. The first-order valence-electron chi connectivity index (χ1n) is 7.97. The maximum absolute atomic E-state index is 13.4. The molecule has 6 heteroatoms. The lowest BCUT2D eigenvalue weighted by atomic mass is 9.76. The van der Waals surface area contributed by atoms with Crippen LogP contribution in [0.5, 0.6) is 0 Å². The smallest absolute Gasteiger partial charge is 0.410 e. The van der Waals surface area contributed by atoms with Crippen molar-refractivity contribution in [3.8, 4) is 6.07 Å². The fraction of sp³-hybridized carbons (Fsp3) is 0.556. The molecule has 0 aromatic heterocycles. The summed E-state index contributed by atoms with van der Waals surface area (Å²) < 4.78 is 19.2. The van der Waals surface area contributed by atoms with E-state index in [1.165, 1.54) is 6.07 Å². The normalized spacial score (nSPS) is 21.2.